The number of nitrogens with two attached hydrogens (primary N) is 1. The quantitative estimate of drug-likeness (QED) is 0.837. The predicted octanol–water partition coefficient (Wildman–Crippen LogP) is 1.46. The molecule has 0 spiro atoms. The van der Waals surface area contributed by atoms with Crippen LogP contribution in [0.25, 0.3) is 5.82 Å². The number of hydrogen-bond acceptors (Lipinski definition) is 4. The van der Waals surface area contributed by atoms with E-state index in [2.05, 4.69) is 15.2 Å². The molecule has 2 aromatic rings. The second-order valence-electron chi connectivity index (χ2n) is 3.05. The molecule has 0 aliphatic rings. The molecule has 2 aromatic heterocycles. The van der Waals surface area contributed by atoms with Crippen LogP contribution in [0.1, 0.15) is 12.6 Å². The lowest BCUT2D eigenvalue weighted by Gasteiger charge is -2.01. The van der Waals surface area contributed by atoms with E-state index in [9.17, 15) is 0 Å². The van der Waals surface area contributed by atoms with Crippen LogP contribution in [0.15, 0.2) is 18.5 Å². The number of nitrogen functional groups attached to an aromatic ring is 1. The molecule has 0 amide bonds. The van der Waals surface area contributed by atoms with E-state index < -0.39 is 0 Å². The minimum Gasteiger partial charge on any atom is -0.397 e. The van der Waals surface area contributed by atoms with Crippen molar-refractivity contribution in [3.8, 4) is 5.82 Å². The Morgan fingerprint density at radius 2 is 2.27 bits per heavy atom. The predicted molar refractivity (Wildman–Crippen MR) is 58.0 cm³/mol. The third kappa shape index (κ3) is 1.92. The van der Waals surface area contributed by atoms with Crippen molar-refractivity contribution in [3.05, 3.63) is 29.2 Å². The van der Waals surface area contributed by atoms with Crippen LogP contribution in [-0.4, -0.2) is 20.0 Å². The number of rotatable bonds is 2. The van der Waals surface area contributed by atoms with Crippen molar-refractivity contribution in [2.75, 3.05) is 5.73 Å². The maximum absolute atomic E-state index is 5.97. The van der Waals surface area contributed by atoms with Crippen LogP contribution in [0, 0.1) is 0 Å². The van der Waals surface area contributed by atoms with Crippen LogP contribution < -0.4 is 5.73 Å². The number of hydrogen-bond donors (Lipinski definition) is 1. The van der Waals surface area contributed by atoms with E-state index in [-0.39, 0.29) is 0 Å². The lowest BCUT2D eigenvalue weighted by atomic mass is 10.4. The molecule has 0 saturated heterocycles. The smallest absolute Gasteiger partial charge is 0.193 e. The highest BCUT2D eigenvalue weighted by Gasteiger charge is 2.07. The fraction of sp³-hybridized carbons (Fsp3) is 0.222. The van der Waals surface area contributed by atoms with Crippen molar-refractivity contribution in [1.29, 1.82) is 0 Å². The number of aromatic nitrogens is 4. The van der Waals surface area contributed by atoms with Gasteiger partial charge < -0.3 is 5.73 Å². The normalized spacial score (nSPS) is 10.5. The first-order valence-electron chi connectivity index (χ1n) is 4.53. The monoisotopic (exact) mass is 223 g/mol. The number of halogens is 1. The van der Waals surface area contributed by atoms with Gasteiger partial charge in [-0.3, -0.25) is 0 Å². The largest absolute Gasteiger partial charge is 0.397 e. The molecule has 2 N–H and O–H groups in total. The van der Waals surface area contributed by atoms with Crippen molar-refractivity contribution in [1.82, 2.24) is 20.0 Å². The molecule has 0 aromatic carbocycles. The van der Waals surface area contributed by atoms with Gasteiger partial charge in [-0.25, -0.2) is 4.98 Å². The molecule has 0 unspecified atom stereocenters. The highest BCUT2D eigenvalue weighted by molar-refractivity contribution is 6.32. The van der Waals surface area contributed by atoms with Crippen molar-refractivity contribution in [2.45, 2.75) is 13.3 Å². The molecule has 2 heterocycles. The minimum absolute atomic E-state index is 0.438. The molecule has 0 atom stereocenters. The average Bonchev–Trinajstić information content (AvgIpc) is 2.66. The molecule has 0 aliphatic carbocycles. The van der Waals surface area contributed by atoms with Gasteiger partial charge in [0.1, 0.15) is 0 Å². The van der Waals surface area contributed by atoms with Gasteiger partial charge in [-0.2, -0.15) is 10.2 Å². The van der Waals surface area contributed by atoms with Crippen LogP contribution in [0.2, 0.25) is 5.02 Å². The van der Waals surface area contributed by atoms with Crippen LogP contribution in [0.5, 0.6) is 0 Å². The summed E-state index contributed by atoms with van der Waals surface area (Å²) in [5.74, 6) is 0.491. The number of nitrogens with zero attached hydrogens (tertiary/aromatic N) is 4. The summed E-state index contributed by atoms with van der Waals surface area (Å²) in [5.41, 5.74) is 6.95. The van der Waals surface area contributed by atoms with Gasteiger partial charge in [0.2, 0.25) is 0 Å². The Balaban J connectivity index is 2.44. The van der Waals surface area contributed by atoms with E-state index in [4.69, 9.17) is 17.3 Å². The number of anilines is 1. The van der Waals surface area contributed by atoms with E-state index >= 15 is 0 Å². The second-order valence-corrected chi connectivity index (χ2v) is 3.46. The van der Waals surface area contributed by atoms with Crippen molar-refractivity contribution < 1.29 is 0 Å². The molecule has 0 radical (unpaired) electrons. The molecule has 0 bridgehead atoms. The molecular weight excluding hydrogens is 214 g/mol. The van der Waals surface area contributed by atoms with Gasteiger partial charge in [0.05, 0.1) is 28.8 Å². The zero-order valence-electron chi connectivity index (χ0n) is 8.18. The van der Waals surface area contributed by atoms with Crippen molar-refractivity contribution in [2.24, 2.45) is 0 Å². The van der Waals surface area contributed by atoms with Gasteiger partial charge in [0, 0.05) is 0 Å². The SMILES string of the molecule is CCc1cnn(-c2ncc(N)cc2Cl)n1. The van der Waals surface area contributed by atoms with E-state index in [1.165, 1.54) is 11.0 Å². The lowest BCUT2D eigenvalue weighted by molar-refractivity contribution is 0.719. The van der Waals surface area contributed by atoms with Crippen LogP contribution in [0.3, 0.4) is 0 Å². The summed E-state index contributed by atoms with van der Waals surface area (Å²) in [6.45, 7) is 2.01. The Bertz CT molecular complexity index is 479. The van der Waals surface area contributed by atoms with Gasteiger partial charge in [0.25, 0.3) is 0 Å². The average molecular weight is 224 g/mol. The molecule has 5 nitrogen and oxygen atoms in total. The molecule has 2 rings (SSSR count). The number of pyridine rings is 1. The van der Waals surface area contributed by atoms with Crippen LogP contribution in [-0.2, 0) is 6.42 Å². The third-order valence-electron chi connectivity index (χ3n) is 1.93. The van der Waals surface area contributed by atoms with Gasteiger partial charge in [-0.1, -0.05) is 18.5 Å². The van der Waals surface area contributed by atoms with Gasteiger partial charge >= 0.3 is 0 Å². The summed E-state index contributed by atoms with van der Waals surface area (Å²) in [7, 11) is 0. The fourth-order valence-corrected chi connectivity index (χ4v) is 1.40. The van der Waals surface area contributed by atoms with Gasteiger partial charge in [-0.05, 0) is 12.5 Å². The maximum Gasteiger partial charge on any atom is 0.193 e. The topological polar surface area (TPSA) is 69.6 Å². The Hall–Kier alpha value is -1.62. The summed E-state index contributed by atoms with van der Waals surface area (Å²) in [6, 6.07) is 1.62. The van der Waals surface area contributed by atoms with E-state index in [0.717, 1.165) is 12.1 Å². The summed E-state index contributed by atoms with van der Waals surface area (Å²) < 4.78 is 0. The molecule has 78 valence electrons. The second kappa shape index (κ2) is 3.86. The van der Waals surface area contributed by atoms with E-state index in [1.807, 2.05) is 6.92 Å². The van der Waals surface area contributed by atoms with Crippen molar-refractivity contribution in [3.63, 3.8) is 0 Å². The van der Waals surface area contributed by atoms with Crippen LogP contribution >= 0.6 is 11.6 Å². The first-order valence-corrected chi connectivity index (χ1v) is 4.91. The standard InChI is InChI=1S/C9H10ClN5/c1-2-7-5-13-15(14-7)9-8(10)3-6(11)4-12-9/h3-5H,2,11H2,1H3. The molecule has 0 saturated carbocycles. The molecule has 0 aliphatic heterocycles. The van der Waals surface area contributed by atoms with Gasteiger partial charge in [0.15, 0.2) is 5.82 Å². The fourth-order valence-electron chi connectivity index (χ4n) is 1.15. The lowest BCUT2D eigenvalue weighted by Crippen LogP contribution is -2.03. The molecule has 15 heavy (non-hydrogen) atoms. The van der Waals surface area contributed by atoms with Crippen molar-refractivity contribution >= 4 is 17.3 Å². The minimum atomic E-state index is 0.438. The van der Waals surface area contributed by atoms with Crippen LogP contribution in [0.4, 0.5) is 5.69 Å². The number of aryl methyl sites for hydroxylation is 1. The maximum atomic E-state index is 5.97. The molecular formula is C9H10ClN5. The van der Waals surface area contributed by atoms with Gasteiger partial charge in [-0.15, -0.1) is 4.80 Å². The van der Waals surface area contributed by atoms with E-state index in [1.54, 1.807) is 12.3 Å². The Kier molecular flexibility index (Phi) is 2.55. The first kappa shape index (κ1) is 9.92. The Labute approximate surface area is 91.9 Å². The summed E-state index contributed by atoms with van der Waals surface area (Å²) in [5, 5.41) is 8.71. The summed E-state index contributed by atoms with van der Waals surface area (Å²) >= 11 is 5.97. The zero-order valence-corrected chi connectivity index (χ0v) is 8.94. The summed E-state index contributed by atoms with van der Waals surface area (Å²) in [6.07, 6.45) is 4.04. The summed E-state index contributed by atoms with van der Waals surface area (Å²) in [4.78, 5) is 5.48. The highest BCUT2D eigenvalue weighted by atomic mass is 35.5. The molecule has 6 heteroatoms. The Morgan fingerprint density at radius 3 is 2.87 bits per heavy atom. The van der Waals surface area contributed by atoms with E-state index in [0.29, 0.717) is 16.5 Å². The highest BCUT2D eigenvalue weighted by Crippen LogP contribution is 2.18. The first-order chi connectivity index (χ1) is 7.20. The zero-order chi connectivity index (χ0) is 10.8. The Morgan fingerprint density at radius 1 is 1.47 bits per heavy atom. The third-order valence-corrected chi connectivity index (χ3v) is 2.21. The molecule has 0 fully saturated rings.